The largest absolute Gasteiger partial charge is 0.385 e. The van der Waals surface area contributed by atoms with Gasteiger partial charge < -0.3 is 10.1 Å². The normalized spacial score (nSPS) is 20.7. The van der Waals surface area contributed by atoms with Gasteiger partial charge in [-0.15, -0.1) is 0 Å². The Kier molecular flexibility index (Phi) is 6.24. The van der Waals surface area contributed by atoms with Crippen LogP contribution in [-0.4, -0.2) is 37.2 Å². The molecule has 0 spiro atoms. The van der Waals surface area contributed by atoms with Gasteiger partial charge in [0.2, 0.25) is 0 Å². The van der Waals surface area contributed by atoms with Crippen LogP contribution in [0, 0.1) is 0 Å². The van der Waals surface area contributed by atoms with Crippen molar-refractivity contribution in [3.63, 3.8) is 0 Å². The van der Waals surface area contributed by atoms with E-state index in [2.05, 4.69) is 40.6 Å². The molecule has 19 heavy (non-hydrogen) atoms. The van der Waals surface area contributed by atoms with Crippen molar-refractivity contribution in [2.24, 2.45) is 4.99 Å². The monoisotopic (exact) mass is 278 g/mol. The second kappa shape index (κ2) is 8.23. The summed E-state index contributed by atoms with van der Waals surface area (Å²) in [6.07, 6.45) is 3.27. The number of methoxy groups -OCH3 is 1. The second-order valence-corrected chi connectivity index (χ2v) is 5.74. The summed E-state index contributed by atoms with van der Waals surface area (Å²) in [5, 5.41) is 4.62. The van der Waals surface area contributed by atoms with Gasteiger partial charge in [-0.2, -0.15) is 0 Å². The highest BCUT2D eigenvalue weighted by atomic mass is 32.2. The molecule has 0 bridgehead atoms. The van der Waals surface area contributed by atoms with Gasteiger partial charge in [-0.25, -0.2) is 0 Å². The Morgan fingerprint density at radius 1 is 1.32 bits per heavy atom. The predicted molar refractivity (Wildman–Crippen MR) is 82.9 cm³/mol. The third kappa shape index (κ3) is 5.25. The van der Waals surface area contributed by atoms with Gasteiger partial charge in [0.1, 0.15) is 0 Å². The van der Waals surface area contributed by atoms with Crippen LogP contribution in [-0.2, 0) is 11.2 Å². The summed E-state index contributed by atoms with van der Waals surface area (Å²) in [6, 6.07) is 11.2. The lowest BCUT2D eigenvalue weighted by Crippen LogP contribution is -2.29. The molecule has 0 aromatic heterocycles. The lowest BCUT2D eigenvalue weighted by Gasteiger charge is -2.09. The van der Waals surface area contributed by atoms with Crippen molar-refractivity contribution in [3.05, 3.63) is 35.9 Å². The molecule has 1 saturated heterocycles. The molecule has 1 fully saturated rings. The number of rotatable bonds is 7. The minimum absolute atomic E-state index is 0.519. The van der Waals surface area contributed by atoms with Crippen molar-refractivity contribution in [2.45, 2.75) is 25.3 Å². The highest BCUT2D eigenvalue weighted by Crippen LogP contribution is 2.17. The van der Waals surface area contributed by atoms with Gasteiger partial charge >= 0.3 is 0 Å². The van der Waals surface area contributed by atoms with E-state index in [1.165, 1.54) is 5.56 Å². The lowest BCUT2D eigenvalue weighted by atomic mass is 10.1. The van der Waals surface area contributed by atoms with Gasteiger partial charge in [-0.1, -0.05) is 42.1 Å². The summed E-state index contributed by atoms with van der Waals surface area (Å²) in [4.78, 5) is 4.60. The highest BCUT2D eigenvalue weighted by Gasteiger charge is 2.19. The number of benzene rings is 1. The quantitative estimate of drug-likeness (QED) is 0.779. The predicted octanol–water partition coefficient (Wildman–Crippen LogP) is 2.72. The first-order valence-corrected chi connectivity index (χ1v) is 7.83. The van der Waals surface area contributed by atoms with Crippen molar-refractivity contribution < 1.29 is 4.74 Å². The molecule has 0 aliphatic carbocycles. The van der Waals surface area contributed by atoms with Crippen molar-refractivity contribution >= 4 is 16.9 Å². The average Bonchev–Trinajstić information content (AvgIpc) is 2.87. The number of unbranched alkanes of at least 4 members (excludes halogenated alkanes) is 1. The van der Waals surface area contributed by atoms with Crippen molar-refractivity contribution in [3.8, 4) is 0 Å². The summed E-state index contributed by atoms with van der Waals surface area (Å²) in [6.45, 7) is 1.73. The Hall–Kier alpha value is -1.00. The van der Waals surface area contributed by atoms with Crippen LogP contribution in [0.15, 0.2) is 35.3 Å². The van der Waals surface area contributed by atoms with E-state index in [-0.39, 0.29) is 0 Å². The zero-order valence-electron chi connectivity index (χ0n) is 11.5. The zero-order valence-corrected chi connectivity index (χ0v) is 12.3. The van der Waals surface area contributed by atoms with E-state index in [1.54, 1.807) is 7.11 Å². The lowest BCUT2D eigenvalue weighted by molar-refractivity contribution is 0.193. The topological polar surface area (TPSA) is 33.6 Å². The van der Waals surface area contributed by atoms with E-state index < -0.39 is 0 Å². The van der Waals surface area contributed by atoms with Crippen LogP contribution in [0.5, 0.6) is 0 Å². The molecule has 1 aliphatic heterocycles. The summed E-state index contributed by atoms with van der Waals surface area (Å²) < 4.78 is 5.03. The number of amidine groups is 1. The molecule has 1 aliphatic rings. The number of nitrogens with zero attached hydrogens (tertiary/aromatic N) is 1. The average molecular weight is 278 g/mol. The van der Waals surface area contributed by atoms with Gasteiger partial charge in [0.05, 0.1) is 0 Å². The fourth-order valence-electron chi connectivity index (χ4n) is 2.08. The standard InChI is InChI=1S/C15H22N2OS/c1-18-10-6-5-9-16-15-17-14(12-19-15)11-13-7-3-2-4-8-13/h2-4,7-8,14H,5-6,9-12H2,1H3,(H,16,17). The molecule has 1 N–H and O–H groups in total. The fraction of sp³-hybridized carbons (Fsp3) is 0.533. The van der Waals surface area contributed by atoms with E-state index in [0.717, 1.165) is 43.3 Å². The maximum Gasteiger partial charge on any atom is 0.156 e. The number of nitrogens with one attached hydrogen (secondary N) is 1. The van der Waals surface area contributed by atoms with Crippen molar-refractivity contribution in [2.75, 3.05) is 26.0 Å². The minimum Gasteiger partial charge on any atom is -0.385 e. The first-order chi connectivity index (χ1) is 9.38. The van der Waals surface area contributed by atoms with Gasteiger partial charge in [-0.3, -0.25) is 4.99 Å². The Labute approximate surface area is 119 Å². The molecular formula is C15H22N2OS. The van der Waals surface area contributed by atoms with Crippen LogP contribution in [0.2, 0.25) is 0 Å². The van der Waals surface area contributed by atoms with E-state index in [0.29, 0.717) is 6.04 Å². The molecule has 2 rings (SSSR count). The number of aliphatic imine (C=N–C) groups is 1. The molecule has 0 radical (unpaired) electrons. The Bertz CT molecular complexity index is 394. The van der Waals surface area contributed by atoms with Crippen molar-refractivity contribution in [1.82, 2.24) is 5.32 Å². The van der Waals surface area contributed by atoms with Crippen LogP contribution >= 0.6 is 11.8 Å². The summed E-state index contributed by atoms with van der Waals surface area (Å²) >= 11 is 1.84. The summed E-state index contributed by atoms with van der Waals surface area (Å²) in [7, 11) is 1.74. The SMILES string of the molecule is COCCCCN=C1NC(Cc2ccccc2)CS1. The minimum atomic E-state index is 0.519. The maximum absolute atomic E-state index is 5.03. The molecule has 1 heterocycles. The zero-order chi connectivity index (χ0) is 13.3. The van der Waals surface area contributed by atoms with Crippen molar-refractivity contribution in [1.29, 1.82) is 0 Å². The van der Waals surface area contributed by atoms with E-state index in [9.17, 15) is 0 Å². The Morgan fingerprint density at radius 3 is 2.95 bits per heavy atom. The summed E-state index contributed by atoms with van der Waals surface area (Å²) in [5.41, 5.74) is 1.39. The third-order valence-corrected chi connectivity index (χ3v) is 4.18. The molecular weight excluding hydrogens is 256 g/mol. The van der Waals surface area contributed by atoms with Crippen LogP contribution in [0.3, 0.4) is 0 Å². The summed E-state index contributed by atoms with van der Waals surface area (Å²) in [5.74, 6) is 1.12. The van der Waals surface area contributed by atoms with Gasteiger partial charge in [0, 0.05) is 32.1 Å². The van der Waals surface area contributed by atoms with Crippen LogP contribution in [0.25, 0.3) is 0 Å². The molecule has 104 valence electrons. The van der Waals surface area contributed by atoms with E-state index >= 15 is 0 Å². The third-order valence-electron chi connectivity index (χ3n) is 3.09. The molecule has 3 nitrogen and oxygen atoms in total. The number of hydrogen-bond donors (Lipinski definition) is 1. The fourth-order valence-corrected chi connectivity index (χ4v) is 3.07. The number of ether oxygens (including phenoxy) is 1. The molecule has 1 aromatic carbocycles. The van der Waals surface area contributed by atoms with Gasteiger partial charge in [0.15, 0.2) is 5.17 Å². The Balaban J connectivity index is 1.69. The van der Waals surface area contributed by atoms with Crippen LogP contribution < -0.4 is 5.32 Å². The van der Waals surface area contributed by atoms with Crippen LogP contribution in [0.4, 0.5) is 0 Å². The molecule has 0 saturated carbocycles. The van der Waals surface area contributed by atoms with Gasteiger partial charge in [0.25, 0.3) is 0 Å². The van der Waals surface area contributed by atoms with Gasteiger partial charge in [-0.05, 0) is 24.8 Å². The second-order valence-electron chi connectivity index (χ2n) is 4.73. The molecule has 1 aromatic rings. The number of hydrogen-bond acceptors (Lipinski definition) is 3. The molecule has 1 unspecified atom stereocenters. The van der Waals surface area contributed by atoms with E-state index in [4.69, 9.17) is 4.74 Å². The van der Waals surface area contributed by atoms with Crippen LogP contribution in [0.1, 0.15) is 18.4 Å². The highest BCUT2D eigenvalue weighted by molar-refractivity contribution is 8.14. The smallest absolute Gasteiger partial charge is 0.156 e. The molecule has 1 atom stereocenters. The maximum atomic E-state index is 5.03. The Morgan fingerprint density at radius 2 is 2.16 bits per heavy atom. The molecule has 4 heteroatoms. The first kappa shape index (κ1) is 14.4. The van der Waals surface area contributed by atoms with E-state index in [1.807, 2.05) is 11.8 Å². The molecule has 0 amide bonds. The first-order valence-electron chi connectivity index (χ1n) is 6.85. The number of thioether (sulfide) groups is 1.